The van der Waals surface area contributed by atoms with Crippen molar-refractivity contribution in [2.75, 3.05) is 12.4 Å². The number of thiazole rings is 1. The summed E-state index contributed by atoms with van der Waals surface area (Å²) < 4.78 is 4.58. The van der Waals surface area contributed by atoms with E-state index in [2.05, 4.69) is 20.4 Å². The number of carbonyl (C=O) groups is 3. The first kappa shape index (κ1) is 19.6. The zero-order chi connectivity index (χ0) is 19.3. The number of nitrogens with zero attached hydrogens (tertiary/aromatic N) is 1. The SMILES string of the molecule is COC(=O)Cc1csc(NC(=O)c2ccc(C(=O)NC(C)(C)C)cc2)n1. The molecule has 0 saturated heterocycles. The Labute approximate surface area is 155 Å². The molecule has 2 N–H and O–H groups in total. The fraction of sp³-hybridized carbons (Fsp3) is 0.333. The van der Waals surface area contributed by atoms with Gasteiger partial charge in [-0.3, -0.25) is 19.7 Å². The zero-order valence-electron chi connectivity index (χ0n) is 15.1. The second kappa shape index (κ2) is 8.09. The van der Waals surface area contributed by atoms with Gasteiger partial charge in [-0.15, -0.1) is 11.3 Å². The fourth-order valence-corrected chi connectivity index (χ4v) is 2.73. The molecule has 138 valence electrons. The van der Waals surface area contributed by atoms with Crippen molar-refractivity contribution in [3.63, 3.8) is 0 Å². The number of aromatic nitrogens is 1. The first-order chi connectivity index (χ1) is 12.2. The van der Waals surface area contributed by atoms with Gasteiger partial charge in [0.05, 0.1) is 19.2 Å². The van der Waals surface area contributed by atoms with Crippen molar-refractivity contribution in [2.24, 2.45) is 0 Å². The van der Waals surface area contributed by atoms with Gasteiger partial charge in [0.15, 0.2) is 5.13 Å². The lowest BCUT2D eigenvalue weighted by atomic mass is 10.1. The fourth-order valence-electron chi connectivity index (χ4n) is 2.02. The molecule has 0 atom stereocenters. The van der Waals surface area contributed by atoms with Crippen LogP contribution in [0.3, 0.4) is 0 Å². The highest BCUT2D eigenvalue weighted by molar-refractivity contribution is 7.14. The van der Waals surface area contributed by atoms with Gasteiger partial charge in [-0.25, -0.2) is 4.98 Å². The Balaban J connectivity index is 2.00. The summed E-state index contributed by atoms with van der Waals surface area (Å²) in [6.07, 6.45) is 0.0560. The van der Waals surface area contributed by atoms with Crippen molar-refractivity contribution in [2.45, 2.75) is 32.7 Å². The van der Waals surface area contributed by atoms with Crippen LogP contribution in [0.5, 0.6) is 0 Å². The molecule has 0 unspecified atom stereocenters. The maximum Gasteiger partial charge on any atom is 0.311 e. The van der Waals surface area contributed by atoms with Crippen LogP contribution in [0.1, 0.15) is 47.2 Å². The summed E-state index contributed by atoms with van der Waals surface area (Å²) in [5.41, 5.74) is 1.08. The van der Waals surface area contributed by atoms with Gasteiger partial charge in [0.2, 0.25) is 0 Å². The third kappa shape index (κ3) is 5.66. The van der Waals surface area contributed by atoms with Crippen LogP contribution in [0, 0.1) is 0 Å². The molecule has 2 aromatic rings. The smallest absolute Gasteiger partial charge is 0.311 e. The number of amides is 2. The molecule has 0 bridgehead atoms. The zero-order valence-corrected chi connectivity index (χ0v) is 15.9. The van der Waals surface area contributed by atoms with Gasteiger partial charge in [0.25, 0.3) is 11.8 Å². The van der Waals surface area contributed by atoms with Crippen LogP contribution in [-0.4, -0.2) is 35.4 Å². The number of carbonyl (C=O) groups excluding carboxylic acids is 3. The Morgan fingerprint density at radius 3 is 2.19 bits per heavy atom. The van der Waals surface area contributed by atoms with Crippen molar-refractivity contribution in [1.82, 2.24) is 10.3 Å². The van der Waals surface area contributed by atoms with Crippen LogP contribution in [0.2, 0.25) is 0 Å². The van der Waals surface area contributed by atoms with Crippen molar-refractivity contribution >= 4 is 34.3 Å². The number of ether oxygens (including phenoxy) is 1. The summed E-state index contributed by atoms with van der Waals surface area (Å²) in [6.45, 7) is 5.69. The third-order valence-corrected chi connectivity index (χ3v) is 4.03. The predicted octanol–water partition coefficient (Wildman–Crippen LogP) is 2.64. The molecule has 26 heavy (non-hydrogen) atoms. The molecule has 0 spiro atoms. The molecular weight excluding hydrogens is 354 g/mol. The van der Waals surface area contributed by atoms with E-state index in [4.69, 9.17) is 0 Å². The molecule has 7 nitrogen and oxygen atoms in total. The van der Waals surface area contributed by atoms with Crippen LogP contribution in [0.25, 0.3) is 0 Å². The molecule has 1 aromatic carbocycles. The van der Waals surface area contributed by atoms with E-state index in [0.717, 1.165) is 0 Å². The highest BCUT2D eigenvalue weighted by Gasteiger charge is 2.16. The number of rotatable bonds is 5. The molecular formula is C18H21N3O4S. The normalized spacial score (nSPS) is 10.9. The average molecular weight is 375 g/mol. The second-order valence-corrected chi connectivity index (χ2v) is 7.49. The van der Waals surface area contributed by atoms with E-state index in [1.807, 2.05) is 20.8 Å². The van der Waals surface area contributed by atoms with Gasteiger partial charge in [-0.2, -0.15) is 0 Å². The molecule has 2 rings (SSSR count). The monoisotopic (exact) mass is 375 g/mol. The van der Waals surface area contributed by atoms with E-state index in [9.17, 15) is 14.4 Å². The lowest BCUT2D eigenvalue weighted by Crippen LogP contribution is -2.40. The highest BCUT2D eigenvalue weighted by atomic mass is 32.1. The summed E-state index contributed by atoms with van der Waals surface area (Å²) in [4.78, 5) is 39.8. The molecule has 2 amide bonds. The molecule has 1 heterocycles. The summed E-state index contributed by atoms with van der Waals surface area (Å²) >= 11 is 1.22. The number of methoxy groups -OCH3 is 1. The molecule has 0 saturated carbocycles. The Kier molecular flexibility index (Phi) is 6.10. The minimum atomic E-state index is -0.391. The quantitative estimate of drug-likeness (QED) is 0.783. The van der Waals surface area contributed by atoms with Gasteiger partial charge < -0.3 is 10.1 Å². The molecule has 0 aliphatic carbocycles. The van der Waals surface area contributed by atoms with Crippen LogP contribution in [-0.2, 0) is 16.0 Å². The van der Waals surface area contributed by atoms with Crippen LogP contribution in [0.15, 0.2) is 29.6 Å². The van der Waals surface area contributed by atoms with Crippen LogP contribution >= 0.6 is 11.3 Å². The number of hydrogen-bond donors (Lipinski definition) is 2. The van der Waals surface area contributed by atoms with Gasteiger partial charge in [0.1, 0.15) is 0 Å². The highest BCUT2D eigenvalue weighted by Crippen LogP contribution is 2.17. The van der Waals surface area contributed by atoms with Gasteiger partial charge >= 0.3 is 5.97 Å². The number of hydrogen-bond acceptors (Lipinski definition) is 6. The average Bonchev–Trinajstić information content (AvgIpc) is 3.00. The van der Waals surface area contributed by atoms with Gasteiger partial charge in [-0.05, 0) is 45.0 Å². The Bertz CT molecular complexity index is 807. The predicted molar refractivity (Wildman–Crippen MR) is 99.4 cm³/mol. The van der Waals surface area contributed by atoms with Crippen LogP contribution < -0.4 is 10.6 Å². The molecule has 1 aromatic heterocycles. The maximum absolute atomic E-state index is 12.3. The standard InChI is InChI=1S/C18H21N3O4S/c1-18(2,3)21-16(24)12-7-5-11(6-8-12)15(23)20-17-19-13(10-26-17)9-14(22)25-4/h5-8,10H,9H2,1-4H3,(H,21,24)(H,19,20,23). The van der Waals surface area contributed by atoms with Gasteiger partial charge in [-0.1, -0.05) is 0 Å². The van der Waals surface area contributed by atoms with E-state index < -0.39 is 5.97 Å². The largest absolute Gasteiger partial charge is 0.469 e. The molecule has 8 heteroatoms. The topological polar surface area (TPSA) is 97.4 Å². The minimum absolute atomic E-state index is 0.0560. The van der Waals surface area contributed by atoms with Crippen molar-refractivity contribution in [3.05, 3.63) is 46.5 Å². The Hall–Kier alpha value is -2.74. The first-order valence-electron chi connectivity index (χ1n) is 7.93. The lowest BCUT2D eigenvalue weighted by molar-refractivity contribution is -0.139. The number of anilines is 1. The van der Waals surface area contributed by atoms with E-state index in [0.29, 0.717) is 22.0 Å². The summed E-state index contributed by atoms with van der Waals surface area (Å²) in [6, 6.07) is 6.35. The van der Waals surface area contributed by atoms with E-state index >= 15 is 0 Å². The lowest BCUT2D eigenvalue weighted by Gasteiger charge is -2.20. The maximum atomic E-state index is 12.3. The first-order valence-corrected chi connectivity index (χ1v) is 8.81. The van der Waals surface area contributed by atoms with Crippen molar-refractivity contribution in [3.8, 4) is 0 Å². The summed E-state index contributed by atoms with van der Waals surface area (Å²) in [5, 5.41) is 7.61. The number of benzene rings is 1. The third-order valence-electron chi connectivity index (χ3n) is 3.22. The Morgan fingerprint density at radius 1 is 1.08 bits per heavy atom. The van der Waals surface area contributed by atoms with Gasteiger partial charge in [0, 0.05) is 22.0 Å². The molecule has 0 radical (unpaired) electrons. The molecule has 0 aliphatic heterocycles. The second-order valence-electron chi connectivity index (χ2n) is 6.63. The number of nitrogens with one attached hydrogen (secondary N) is 2. The van der Waals surface area contributed by atoms with Crippen LogP contribution in [0.4, 0.5) is 5.13 Å². The van der Waals surface area contributed by atoms with E-state index in [-0.39, 0.29) is 23.8 Å². The van der Waals surface area contributed by atoms with Crippen molar-refractivity contribution in [1.29, 1.82) is 0 Å². The molecule has 0 aliphatic rings. The van der Waals surface area contributed by atoms with E-state index in [1.54, 1.807) is 29.6 Å². The number of esters is 1. The summed E-state index contributed by atoms with van der Waals surface area (Å²) in [5.74, 6) is -0.930. The van der Waals surface area contributed by atoms with E-state index in [1.165, 1.54) is 18.4 Å². The van der Waals surface area contributed by atoms with Crippen molar-refractivity contribution < 1.29 is 19.1 Å². The summed E-state index contributed by atoms with van der Waals surface area (Å²) in [7, 11) is 1.31. The molecule has 0 fully saturated rings. The Morgan fingerprint density at radius 2 is 1.65 bits per heavy atom. The minimum Gasteiger partial charge on any atom is -0.469 e.